The predicted octanol–water partition coefficient (Wildman–Crippen LogP) is 5.36. The summed E-state index contributed by atoms with van der Waals surface area (Å²) in [6.45, 7) is 3.88. The first-order valence-corrected chi connectivity index (χ1v) is 8.79. The molecular weight excluding hydrogens is 362 g/mol. The first kappa shape index (κ1) is 18.7. The fourth-order valence-electron chi connectivity index (χ4n) is 2.63. The zero-order valence-electron chi connectivity index (χ0n) is 15.3. The van der Waals surface area contributed by atoms with Crippen LogP contribution in [0, 0.1) is 13.8 Å². The fourth-order valence-corrected chi connectivity index (χ4v) is 2.78. The van der Waals surface area contributed by atoms with E-state index in [1.54, 1.807) is 24.4 Å². The van der Waals surface area contributed by atoms with Crippen molar-refractivity contribution < 1.29 is 9.53 Å². The van der Waals surface area contributed by atoms with Gasteiger partial charge in [0.1, 0.15) is 5.75 Å². The summed E-state index contributed by atoms with van der Waals surface area (Å²) in [6, 6.07) is 13.1. The van der Waals surface area contributed by atoms with Gasteiger partial charge in [0.15, 0.2) is 0 Å². The van der Waals surface area contributed by atoms with Crippen molar-refractivity contribution in [2.24, 2.45) is 0 Å². The van der Waals surface area contributed by atoms with E-state index in [4.69, 9.17) is 16.3 Å². The minimum absolute atomic E-state index is 0.282. The molecule has 2 N–H and O–H groups in total. The lowest BCUT2D eigenvalue weighted by Gasteiger charge is -2.13. The van der Waals surface area contributed by atoms with Gasteiger partial charge in [-0.3, -0.25) is 9.78 Å². The van der Waals surface area contributed by atoms with Crippen LogP contribution < -0.4 is 15.4 Å². The number of benzene rings is 2. The number of methoxy groups -OCH3 is 1. The molecule has 3 aromatic rings. The second-order valence-electron chi connectivity index (χ2n) is 6.16. The summed E-state index contributed by atoms with van der Waals surface area (Å²) in [5.74, 6) is 0.219. The van der Waals surface area contributed by atoms with E-state index in [2.05, 4.69) is 15.6 Å². The van der Waals surface area contributed by atoms with Gasteiger partial charge in [-0.15, -0.1) is 0 Å². The van der Waals surface area contributed by atoms with Gasteiger partial charge in [-0.25, -0.2) is 0 Å². The van der Waals surface area contributed by atoms with Crippen molar-refractivity contribution in [3.05, 3.63) is 76.6 Å². The van der Waals surface area contributed by atoms with Crippen LogP contribution in [0.5, 0.6) is 5.75 Å². The van der Waals surface area contributed by atoms with E-state index >= 15 is 0 Å². The summed E-state index contributed by atoms with van der Waals surface area (Å²) in [4.78, 5) is 16.9. The van der Waals surface area contributed by atoms with Crippen molar-refractivity contribution in [3.8, 4) is 5.75 Å². The molecule has 0 aliphatic carbocycles. The molecule has 0 aliphatic rings. The second kappa shape index (κ2) is 8.10. The molecule has 1 amide bonds. The third-order valence-corrected chi connectivity index (χ3v) is 4.56. The minimum Gasteiger partial charge on any atom is -0.495 e. The molecular formula is C21H20ClN3O2. The number of amides is 1. The number of rotatable bonds is 5. The molecule has 6 heteroatoms. The van der Waals surface area contributed by atoms with E-state index in [-0.39, 0.29) is 5.91 Å². The van der Waals surface area contributed by atoms with Gasteiger partial charge in [0.05, 0.1) is 30.2 Å². The van der Waals surface area contributed by atoms with Gasteiger partial charge in [-0.05, 0) is 43.2 Å². The average Bonchev–Trinajstić information content (AvgIpc) is 2.66. The van der Waals surface area contributed by atoms with Crippen LogP contribution in [0.15, 0.2) is 54.9 Å². The van der Waals surface area contributed by atoms with Gasteiger partial charge in [0.25, 0.3) is 5.91 Å². The highest BCUT2D eigenvalue weighted by molar-refractivity contribution is 6.31. The van der Waals surface area contributed by atoms with Gasteiger partial charge in [0.2, 0.25) is 0 Å². The van der Waals surface area contributed by atoms with Gasteiger partial charge in [0, 0.05) is 23.0 Å². The number of nitrogens with one attached hydrogen (secondary N) is 2. The second-order valence-corrected chi connectivity index (χ2v) is 6.57. The molecule has 1 aromatic heterocycles. The van der Waals surface area contributed by atoms with E-state index in [0.29, 0.717) is 22.0 Å². The maximum Gasteiger partial charge on any atom is 0.257 e. The van der Waals surface area contributed by atoms with Crippen LogP contribution in [0.25, 0.3) is 0 Å². The molecule has 2 aromatic carbocycles. The number of aryl methyl sites for hydroxylation is 2. The lowest BCUT2D eigenvalue weighted by Crippen LogP contribution is -2.13. The van der Waals surface area contributed by atoms with Crippen LogP contribution in [0.4, 0.5) is 17.1 Å². The Labute approximate surface area is 163 Å². The molecule has 0 radical (unpaired) electrons. The van der Waals surface area contributed by atoms with Crippen LogP contribution in [0.3, 0.4) is 0 Å². The number of carbonyl (C=O) groups is 1. The number of nitrogens with zero attached hydrogens (tertiary/aromatic N) is 1. The van der Waals surface area contributed by atoms with E-state index in [1.807, 2.05) is 38.1 Å². The number of halogens is 1. The number of anilines is 3. The normalized spacial score (nSPS) is 10.4. The first-order chi connectivity index (χ1) is 13.0. The fraction of sp³-hybridized carbons (Fsp3) is 0.143. The predicted molar refractivity (Wildman–Crippen MR) is 109 cm³/mol. The van der Waals surface area contributed by atoms with Crippen molar-refractivity contribution in [2.45, 2.75) is 13.8 Å². The molecule has 0 bridgehead atoms. The highest BCUT2D eigenvalue weighted by Crippen LogP contribution is 2.31. The van der Waals surface area contributed by atoms with E-state index in [0.717, 1.165) is 22.5 Å². The quantitative estimate of drug-likeness (QED) is 0.624. The molecule has 0 fully saturated rings. The number of hydrogen-bond acceptors (Lipinski definition) is 4. The van der Waals surface area contributed by atoms with E-state index < -0.39 is 0 Å². The zero-order chi connectivity index (χ0) is 19.4. The lowest BCUT2D eigenvalue weighted by molar-refractivity contribution is 0.102. The van der Waals surface area contributed by atoms with Gasteiger partial charge >= 0.3 is 0 Å². The smallest absolute Gasteiger partial charge is 0.257 e. The van der Waals surface area contributed by atoms with Crippen LogP contribution in [-0.4, -0.2) is 18.0 Å². The molecule has 0 aliphatic heterocycles. The average molecular weight is 382 g/mol. The Kier molecular flexibility index (Phi) is 5.62. The molecule has 0 unspecified atom stereocenters. The Balaban J connectivity index is 1.82. The molecule has 3 rings (SSSR count). The van der Waals surface area contributed by atoms with Crippen molar-refractivity contribution in [1.82, 2.24) is 4.98 Å². The van der Waals surface area contributed by atoms with Crippen molar-refractivity contribution in [3.63, 3.8) is 0 Å². The molecule has 1 heterocycles. The Morgan fingerprint density at radius 2 is 1.81 bits per heavy atom. The SMILES string of the molecule is COc1cc(Cl)c(C)cc1NC(=O)c1cncc(Nc2ccccc2C)c1. The molecule has 5 nitrogen and oxygen atoms in total. The third-order valence-electron chi connectivity index (χ3n) is 4.15. The van der Waals surface area contributed by atoms with Crippen molar-refractivity contribution in [2.75, 3.05) is 17.7 Å². The van der Waals surface area contributed by atoms with Gasteiger partial charge < -0.3 is 15.4 Å². The molecule has 138 valence electrons. The van der Waals surface area contributed by atoms with Crippen LogP contribution in [0.2, 0.25) is 5.02 Å². The number of aromatic nitrogens is 1. The zero-order valence-corrected chi connectivity index (χ0v) is 16.1. The Morgan fingerprint density at radius 1 is 1.04 bits per heavy atom. The van der Waals surface area contributed by atoms with E-state index in [1.165, 1.54) is 13.3 Å². The summed E-state index contributed by atoms with van der Waals surface area (Å²) in [7, 11) is 1.53. The minimum atomic E-state index is -0.282. The van der Waals surface area contributed by atoms with Crippen LogP contribution >= 0.6 is 11.6 Å². The largest absolute Gasteiger partial charge is 0.495 e. The topological polar surface area (TPSA) is 63.2 Å². The van der Waals surface area contributed by atoms with Crippen LogP contribution in [0.1, 0.15) is 21.5 Å². The van der Waals surface area contributed by atoms with E-state index in [9.17, 15) is 4.79 Å². The number of ether oxygens (including phenoxy) is 1. The van der Waals surface area contributed by atoms with Crippen molar-refractivity contribution >= 4 is 34.6 Å². The first-order valence-electron chi connectivity index (χ1n) is 8.41. The number of carbonyl (C=O) groups excluding carboxylic acids is 1. The Morgan fingerprint density at radius 3 is 2.56 bits per heavy atom. The summed E-state index contributed by atoms with van der Waals surface area (Å²) in [5.41, 5.74) is 4.64. The highest BCUT2D eigenvalue weighted by Gasteiger charge is 2.13. The number of pyridine rings is 1. The van der Waals surface area contributed by atoms with Gasteiger partial charge in [-0.2, -0.15) is 0 Å². The summed E-state index contributed by atoms with van der Waals surface area (Å²) >= 11 is 6.12. The highest BCUT2D eigenvalue weighted by atomic mass is 35.5. The third kappa shape index (κ3) is 4.38. The van der Waals surface area contributed by atoms with Crippen molar-refractivity contribution in [1.29, 1.82) is 0 Å². The summed E-state index contributed by atoms with van der Waals surface area (Å²) in [6.07, 6.45) is 3.20. The molecule has 0 atom stereocenters. The molecule has 0 saturated heterocycles. The Bertz CT molecular complexity index is 989. The molecule has 0 saturated carbocycles. The summed E-state index contributed by atoms with van der Waals surface area (Å²) < 4.78 is 5.31. The monoisotopic (exact) mass is 381 g/mol. The number of hydrogen-bond donors (Lipinski definition) is 2. The number of para-hydroxylation sites is 1. The summed E-state index contributed by atoms with van der Waals surface area (Å²) in [5, 5.41) is 6.72. The maximum atomic E-state index is 12.7. The Hall–Kier alpha value is -3.05. The maximum absolute atomic E-state index is 12.7. The molecule has 0 spiro atoms. The van der Waals surface area contributed by atoms with Gasteiger partial charge in [-0.1, -0.05) is 29.8 Å². The molecule has 27 heavy (non-hydrogen) atoms. The van der Waals surface area contributed by atoms with Crippen LogP contribution in [-0.2, 0) is 0 Å². The standard InChI is InChI=1S/C21H20ClN3O2/c1-13-6-4-5-7-18(13)24-16-9-15(11-23-12-16)21(26)25-19-8-14(2)17(22)10-20(19)27-3/h4-12,24H,1-3H3,(H,25,26). The lowest BCUT2D eigenvalue weighted by atomic mass is 10.1.